The largest absolute Gasteiger partial charge is 0.444 e. The maximum absolute atomic E-state index is 11.7. The minimum Gasteiger partial charge on any atom is -0.444 e. The summed E-state index contributed by atoms with van der Waals surface area (Å²) in [5.41, 5.74) is -0.400. The predicted molar refractivity (Wildman–Crippen MR) is 94.6 cm³/mol. The van der Waals surface area contributed by atoms with Crippen molar-refractivity contribution in [1.29, 1.82) is 0 Å². The van der Waals surface area contributed by atoms with Crippen LogP contribution in [-0.4, -0.2) is 48.7 Å². The normalized spacial score (nSPS) is 10.6. The maximum Gasteiger partial charge on any atom is 0.410 e. The molecule has 0 N–H and O–H groups in total. The van der Waals surface area contributed by atoms with Gasteiger partial charge < -0.3 is 14.4 Å². The summed E-state index contributed by atoms with van der Waals surface area (Å²) < 4.78 is 10.1. The first-order valence-electron chi connectivity index (χ1n) is 8.28. The van der Waals surface area contributed by atoms with E-state index >= 15 is 0 Å². The first-order chi connectivity index (χ1) is 10.6. The smallest absolute Gasteiger partial charge is 0.410 e. The quantitative estimate of drug-likeness (QED) is 0.630. The highest BCUT2D eigenvalue weighted by atomic mass is 16.6. The number of carbonyl (C=O) groups excluding carboxylic acids is 2. The Kier molecular flexibility index (Phi) is 13.6. The first-order valence-corrected chi connectivity index (χ1v) is 8.28. The van der Waals surface area contributed by atoms with E-state index in [-0.39, 0.29) is 18.5 Å². The standard InChI is InChI=1S/C12H25NO2.C6H10O2/c1-7-13(9-8-10(2)3)11(14)15-12(4,5)6;1-3-6(7)5-8-4-2/h10H,7-9H2,1-6H3;3H,1,4-5H2,2H3. The number of amides is 1. The van der Waals surface area contributed by atoms with Crippen LogP contribution in [0.3, 0.4) is 0 Å². The molecule has 0 aromatic carbocycles. The zero-order chi connectivity index (χ0) is 18.5. The van der Waals surface area contributed by atoms with E-state index < -0.39 is 5.60 Å². The van der Waals surface area contributed by atoms with E-state index in [0.717, 1.165) is 13.0 Å². The predicted octanol–water partition coefficient (Wildman–Crippen LogP) is 4.07. The molecule has 5 heteroatoms. The van der Waals surface area contributed by atoms with Crippen molar-refractivity contribution in [3.63, 3.8) is 0 Å². The van der Waals surface area contributed by atoms with Crippen LogP contribution in [0.4, 0.5) is 4.79 Å². The van der Waals surface area contributed by atoms with Crippen molar-refractivity contribution in [3.8, 4) is 0 Å². The first kappa shape index (κ1) is 23.9. The van der Waals surface area contributed by atoms with Crippen molar-refractivity contribution in [3.05, 3.63) is 12.7 Å². The Morgan fingerprint density at radius 3 is 2.13 bits per heavy atom. The molecule has 0 spiro atoms. The van der Waals surface area contributed by atoms with Gasteiger partial charge in [-0.25, -0.2) is 4.79 Å². The highest BCUT2D eigenvalue weighted by Crippen LogP contribution is 2.11. The molecule has 0 fully saturated rings. The van der Waals surface area contributed by atoms with Gasteiger partial charge in [-0.1, -0.05) is 20.4 Å². The zero-order valence-electron chi connectivity index (χ0n) is 16.0. The molecule has 0 bridgehead atoms. The van der Waals surface area contributed by atoms with Crippen LogP contribution in [0.1, 0.15) is 54.9 Å². The van der Waals surface area contributed by atoms with Crippen LogP contribution >= 0.6 is 0 Å². The van der Waals surface area contributed by atoms with Crippen molar-refractivity contribution < 1.29 is 19.1 Å². The molecule has 0 aliphatic rings. The Balaban J connectivity index is 0. The summed E-state index contributed by atoms with van der Waals surface area (Å²) in [6.07, 6.45) is 2.08. The average molecular weight is 329 g/mol. The third kappa shape index (κ3) is 16.8. The highest BCUT2D eigenvalue weighted by molar-refractivity contribution is 5.90. The van der Waals surface area contributed by atoms with Gasteiger partial charge in [-0.3, -0.25) is 4.79 Å². The Morgan fingerprint density at radius 1 is 1.22 bits per heavy atom. The van der Waals surface area contributed by atoms with Gasteiger partial charge in [0.1, 0.15) is 12.2 Å². The zero-order valence-corrected chi connectivity index (χ0v) is 16.0. The van der Waals surface area contributed by atoms with Crippen molar-refractivity contribution in [2.75, 3.05) is 26.3 Å². The van der Waals surface area contributed by atoms with Gasteiger partial charge in [0.2, 0.25) is 0 Å². The molecular weight excluding hydrogens is 294 g/mol. The highest BCUT2D eigenvalue weighted by Gasteiger charge is 2.20. The van der Waals surface area contributed by atoms with Crippen LogP contribution in [-0.2, 0) is 14.3 Å². The van der Waals surface area contributed by atoms with E-state index in [1.54, 1.807) is 4.90 Å². The Morgan fingerprint density at radius 2 is 1.78 bits per heavy atom. The molecule has 1 amide bonds. The van der Waals surface area contributed by atoms with Gasteiger partial charge in [-0.15, -0.1) is 0 Å². The van der Waals surface area contributed by atoms with Crippen LogP contribution in [0.15, 0.2) is 12.7 Å². The molecule has 0 saturated heterocycles. The number of hydrogen-bond acceptors (Lipinski definition) is 4. The third-order valence-electron chi connectivity index (χ3n) is 2.69. The van der Waals surface area contributed by atoms with Crippen LogP contribution in [0.2, 0.25) is 0 Å². The van der Waals surface area contributed by atoms with E-state index in [1.807, 2.05) is 34.6 Å². The van der Waals surface area contributed by atoms with E-state index in [9.17, 15) is 9.59 Å². The summed E-state index contributed by atoms with van der Waals surface area (Å²) in [7, 11) is 0. The molecule has 0 radical (unpaired) electrons. The van der Waals surface area contributed by atoms with Crippen molar-refractivity contribution in [2.24, 2.45) is 5.92 Å². The molecule has 23 heavy (non-hydrogen) atoms. The number of carbonyl (C=O) groups is 2. The second kappa shape index (κ2) is 13.1. The summed E-state index contributed by atoms with van der Waals surface area (Å²) in [6, 6.07) is 0. The molecule has 0 rings (SSSR count). The molecule has 136 valence electrons. The van der Waals surface area contributed by atoms with Gasteiger partial charge in [-0.2, -0.15) is 0 Å². The molecule has 0 heterocycles. The number of ether oxygens (including phenoxy) is 2. The average Bonchev–Trinajstić information content (AvgIpc) is 2.43. The minimum absolute atomic E-state index is 0.0631. The lowest BCUT2D eigenvalue weighted by Crippen LogP contribution is -2.37. The van der Waals surface area contributed by atoms with E-state index in [4.69, 9.17) is 9.47 Å². The van der Waals surface area contributed by atoms with Crippen LogP contribution in [0, 0.1) is 5.92 Å². The van der Waals surface area contributed by atoms with Crippen LogP contribution in [0.5, 0.6) is 0 Å². The molecule has 0 saturated carbocycles. The van der Waals surface area contributed by atoms with Crippen molar-refractivity contribution >= 4 is 11.9 Å². The summed E-state index contributed by atoms with van der Waals surface area (Å²) in [5, 5.41) is 0. The van der Waals surface area contributed by atoms with Crippen LogP contribution < -0.4 is 0 Å². The molecule has 0 aliphatic heterocycles. The second-order valence-electron chi connectivity index (χ2n) is 6.55. The number of hydrogen-bond donors (Lipinski definition) is 0. The fraction of sp³-hybridized carbons (Fsp3) is 0.778. The lowest BCUT2D eigenvalue weighted by Gasteiger charge is -2.26. The fourth-order valence-corrected chi connectivity index (χ4v) is 1.38. The summed E-state index contributed by atoms with van der Waals surface area (Å²) in [4.78, 5) is 23.8. The molecule has 5 nitrogen and oxygen atoms in total. The van der Waals surface area contributed by atoms with E-state index in [1.165, 1.54) is 6.08 Å². The Bertz CT molecular complexity index is 345. The SMILES string of the molecule is C=CC(=O)COCC.CCN(CCC(C)C)C(=O)OC(C)(C)C. The van der Waals surface area contributed by atoms with Gasteiger partial charge in [0, 0.05) is 19.7 Å². The monoisotopic (exact) mass is 329 g/mol. The van der Waals surface area contributed by atoms with Crippen LogP contribution in [0.25, 0.3) is 0 Å². The number of ketones is 1. The maximum atomic E-state index is 11.7. The number of rotatable bonds is 8. The lowest BCUT2D eigenvalue weighted by molar-refractivity contribution is -0.118. The molecule has 0 unspecified atom stereocenters. The second-order valence-corrected chi connectivity index (χ2v) is 6.55. The molecule has 0 aromatic heterocycles. The van der Waals surface area contributed by atoms with Gasteiger partial charge >= 0.3 is 6.09 Å². The topological polar surface area (TPSA) is 55.8 Å². The van der Waals surface area contributed by atoms with E-state index in [2.05, 4.69) is 20.4 Å². The third-order valence-corrected chi connectivity index (χ3v) is 2.69. The molecule has 0 aromatic rings. The Labute approximate surface area is 142 Å². The molecular formula is C18H35NO4. The molecule has 0 aliphatic carbocycles. The summed E-state index contributed by atoms with van der Waals surface area (Å²) in [5.74, 6) is 0.549. The van der Waals surface area contributed by atoms with Gasteiger partial charge in [0.25, 0.3) is 0 Å². The van der Waals surface area contributed by atoms with Gasteiger partial charge in [-0.05, 0) is 53.0 Å². The fourth-order valence-electron chi connectivity index (χ4n) is 1.38. The van der Waals surface area contributed by atoms with Gasteiger partial charge in [0.05, 0.1) is 0 Å². The minimum atomic E-state index is -0.400. The number of nitrogens with zero attached hydrogens (tertiary/aromatic N) is 1. The Hall–Kier alpha value is -1.36. The van der Waals surface area contributed by atoms with E-state index in [0.29, 0.717) is 19.1 Å². The molecule has 0 atom stereocenters. The lowest BCUT2D eigenvalue weighted by atomic mass is 10.1. The van der Waals surface area contributed by atoms with Gasteiger partial charge in [0.15, 0.2) is 5.78 Å². The van der Waals surface area contributed by atoms with Crippen molar-refractivity contribution in [2.45, 2.75) is 60.5 Å². The summed E-state index contributed by atoms with van der Waals surface area (Å²) in [6.45, 7) is 19.3. The van der Waals surface area contributed by atoms with Crippen molar-refractivity contribution in [1.82, 2.24) is 4.90 Å². The summed E-state index contributed by atoms with van der Waals surface area (Å²) >= 11 is 0.